The Balaban J connectivity index is 1.76. The van der Waals surface area contributed by atoms with Gasteiger partial charge in [-0.1, -0.05) is 43.6 Å². The number of likely N-dealkylation sites (tertiary alicyclic amines) is 1. The zero-order chi connectivity index (χ0) is 15.2. The van der Waals surface area contributed by atoms with E-state index in [4.69, 9.17) is 11.6 Å². The van der Waals surface area contributed by atoms with E-state index in [9.17, 15) is 4.79 Å². The number of carbonyl (C=O) groups is 1. The molecule has 1 aliphatic heterocycles. The first kappa shape index (κ1) is 16.3. The predicted octanol–water partition coefficient (Wildman–Crippen LogP) is 3.32. The monoisotopic (exact) mass is 308 g/mol. The minimum absolute atomic E-state index is 0.149. The zero-order valence-electron chi connectivity index (χ0n) is 12.9. The van der Waals surface area contributed by atoms with Crippen molar-refractivity contribution in [3.63, 3.8) is 0 Å². The number of rotatable bonds is 5. The first-order chi connectivity index (χ1) is 10.1. The fraction of sp³-hybridized carbons (Fsp3) is 0.588. The van der Waals surface area contributed by atoms with Crippen LogP contribution in [-0.4, -0.2) is 30.4 Å². The summed E-state index contributed by atoms with van der Waals surface area (Å²) in [6, 6.07) is 7.65. The molecule has 1 fully saturated rings. The first-order valence-corrected chi connectivity index (χ1v) is 8.17. The highest BCUT2D eigenvalue weighted by Gasteiger charge is 2.24. The topological polar surface area (TPSA) is 32.3 Å². The maximum atomic E-state index is 12.2. The van der Waals surface area contributed by atoms with Crippen molar-refractivity contribution < 1.29 is 4.79 Å². The summed E-state index contributed by atoms with van der Waals surface area (Å²) in [5.74, 6) is 1.01. The van der Waals surface area contributed by atoms with Gasteiger partial charge in [0.1, 0.15) is 0 Å². The van der Waals surface area contributed by atoms with E-state index in [1.807, 2.05) is 24.3 Å². The molecule has 1 aromatic carbocycles. The third kappa shape index (κ3) is 5.01. The Kier molecular flexibility index (Phi) is 6.07. The van der Waals surface area contributed by atoms with Crippen molar-refractivity contribution in [2.45, 2.75) is 33.2 Å². The molecular weight excluding hydrogens is 284 g/mol. The van der Waals surface area contributed by atoms with E-state index in [2.05, 4.69) is 24.1 Å². The molecule has 1 aromatic rings. The average molecular weight is 309 g/mol. The van der Waals surface area contributed by atoms with Crippen LogP contribution in [0.5, 0.6) is 0 Å². The van der Waals surface area contributed by atoms with E-state index < -0.39 is 0 Å². The molecule has 0 bridgehead atoms. The lowest BCUT2D eigenvalue weighted by atomic mass is 9.95. The minimum atomic E-state index is 0.149. The molecule has 116 valence electrons. The van der Waals surface area contributed by atoms with Crippen LogP contribution in [0, 0.1) is 11.8 Å². The summed E-state index contributed by atoms with van der Waals surface area (Å²) in [5, 5.41) is 3.74. The van der Waals surface area contributed by atoms with Crippen molar-refractivity contribution in [3.8, 4) is 0 Å². The second-order valence-electron chi connectivity index (χ2n) is 6.28. The molecule has 3 nitrogen and oxygen atoms in total. The summed E-state index contributed by atoms with van der Waals surface area (Å²) in [6.45, 7) is 8.19. The number of halogens is 1. The van der Waals surface area contributed by atoms with Crippen LogP contribution in [0.25, 0.3) is 0 Å². The smallest absolute Gasteiger partial charge is 0.223 e. The summed E-state index contributed by atoms with van der Waals surface area (Å²) in [4.78, 5) is 14.7. The van der Waals surface area contributed by atoms with Gasteiger partial charge in [-0.2, -0.15) is 0 Å². The van der Waals surface area contributed by atoms with E-state index in [0.29, 0.717) is 17.5 Å². The van der Waals surface area contributed by atoms with E-state index in [1.54, 1.807) is 0 Å². The third-order valence-corrected chi connectivity index (χ3v) is 4.36. The van der Waals surface area contributed by atoms with Crippen molar-refractivity contribution in [1.82, 2.24) is 10.2 Å². The van der Waals surface area contributed by atoms with Crippen molar-refractivity contribution in [2.75, 3.05) is 19.6 Å². The number of piperidine rings is 1. The largest absolute Gasteiger partial charge is 0.352 e. The van der Waals surface area contributed by atoms with Crippen LogP contribution >= 0.6 is 11.6 Å². The van der Waals surface area contributed by atoms with Gasteiger partial charge >= 0.3 is 0 Å². The molecule has 0 saturated carbocycles. The van der Waals surface area contributed by atoms with Gasteiger partial charge in [-0.05, 0) is 43.5 Å². The van der Waals surface area contributed by atoms with Crippen LogP contribution in [0.4, 0.5) is 0 Å². The summed E-state index contributed by atoms with van der Waals surface area (Å²) in [5.41, 5.74) is 0.977. The molecule has 1 saturated heterocycles. The average Bonchev–Trinajstić information content (AvgIpc) is 2.46. The van der Waals surface area contributed by atoms with Gasteiger partial charge in [-0.15, -0.1) is 0 Å². The summed E-state index contributed by atoms with van der Waals surface area (Å²) < 4.78 is 0. The van der Waals surface area contributed by atoms with Gasteiger partial charge in [-0.25, -0.2) is 0 Å². The van der Waals surface area contributed by atoms with E-state index in [1.165, 1.54) is 0 Å². The van der Waals surface area contributed by atoms with Crippen molar-refractivity contribution in [2.24, 2.45) is 11.8 Å². The van der Waals surface area contributed by atoms with E-state index in [-0.39, 0.29) is 11.8 Å². The normalized spacial score (nSPS) is 17.1. The highest BCUT2D eigenvalue weighted by atomic mass is 35.5. The summed E-state index contributed by atoms with van der Waals surface area (Å²) >= 11 is 6.10. The Morgan fingerprint density at radius 1 is 1.33 bits per heavy atom. The van der Waals surface area contributed by atoms with Crippen LogP contribution in [0.2, 0.25) is 5.02 Å². The van der Waals surface area contributed by atoms with Crippen LogP contribution in [0.15, 0.2) is 24.3 Å². The number of hydrogen-bond donors (Lipinski definition) is 1. The number of amides is 1. The molecule has 1 aliphatic rings. The second-order valence-corrected chi connectivity index (χ2v) is 6.69. The van der Waals surface area contributed by atoms with Gasteiger partial charge in [0.2, 0.25) is 5.91 Å². The maximum Gasteiger partial charge on any atom is 0.223 e. The SMILES string of the molecule is CC(C)CN1CCC(C(=O)NCc2ccccc2Cl)CC1. The predicted molar refractivity (Wildman–Crippen MR) is 87.3 cm³/mol. The third-order valence-electron chi connectivity index (χ3n) is 3.99. The highest BCUT2D eigenvalue weighted by Crippen LogP contribution is 2.19. The molecular formula is C17H25ClN2O. The summed E-state index contributed by atoms with van der Waals surface area (Å²) in [7, 11) is 0. The molecule has 1 heterocycles. The Morgan fingerprint density at radius 3 is 2.62 bits per heavy atom. The van der Waals surface area contributed by atoms with E-state index >= 15 is 0 Å². The molecule has 21 heavy (non-hydrogen) atoms. The molecule has 2 rings (SSSR count). The lowest BCUT2D eigenvalue weighted by Crippen LogP contribution is -2.41. The lowest BCUT2D eigenvalue weighted by molar-refractivity contribution is -0.126. The Labute approximate surface area is 132 Å². The number of nitrogens with one attached hydrogen (secondary N) is 1. The van der Waals surface area contributed by atoms with Gasteiger partial charge in [0.25, 0.3) is 0 Å². The van der Waals surface area contributed by atoms with Gasteiger partial charge in [0, 0.05) is 24.0 Å². The zero-order valence-corrected chi connectivity index (χ0v) is 13.7. The van der Waals surface area contributed by atoms with Crippen molar-refractivity contribution in [3.05, 3.63) is 34.9 Å². The van der Waals surface area contributed by atoms with Crippen LogP contribution in [0.1, 0.15) is 32.3 Å². The first-order valence-electron chi connectivity index (χ1n) is 7.79. The molecule has 4 heteroatoms. The lowest BCUT2D eigenvalue weighted by Gasteiger charge is -2.32. The quantitative estimate of drug-likeness (QED) is 0.905. The number of nitrogens with zero attached hydrogens (tertiary/aromatic N) is 1. The van der Waals surface area contributed by atoms with Gasteiger partial charge in [-0.3, -0.25) is 4.79 Å². The fourth-order valence-electron chi connectivity index (χ4n) is 2.86. The van der Waals surface area contributed by atoms with Crippen molar-refractivity contribution >= 4 is 17.5 Å². The Bertz CT molecular complexity index is 468. The van der Waals surface area contributed by atoms with Crippen molar-refractivity contribution in [1.29, 1.82) is 0 Å². The van der Waals surface area contributed by atoms with Crippen LogP contribution in [-0.2, 0) is 11.3 Å². The standard InChI is InChI=1S/C17H25ClN2O/c1-13(2)12-20-9-7-14(8-10-20)17(21)19-11-15-5-3-4-6-16(15)18/h3-6,13-14H,7-12H2,1-2H3,(H,19,21). The summed E-state index contributed by atoms with van der Waals surface area (Å²) in [6.07, 6.45) is 1.92. The molecule has 0 spiro atoms. The molecule has 0 unspecified atom stereocenters. The van der Waals surface area contributed by atoms with E-state index in [0.717, 1.165) is 38.0 Å². The Morgan fingerprint density at radius 2 is 2.00 bits per heavy atom. The van der Waals surface area contributed by atoms with Crippen LogP contribution < -0.4 is 5.32 Å². The molecule has 0 atom stereocenters. The fourth-order valence-corrected chi connectivity index (χ4v) is 3.07. The molecule has 1 amide bonds. The van der Waals surface area contributed by atoms with Crippen LogP contribution in [0.3, 0.4) is 0 Å². The number of hydrogen-bond acceptors (Lipinski definition) is 2. The maximum absolute atomic E-state index is 12.2. The molecule has 0 aliphatic carbocycles. The second kappa shape index (κ2) is 7.81. The number of benzene rings is 1. The minimum Gasteiger partial charge on any atom is -0.352 e. The van der Waals surface area contributed by atoms with Gasteiger partial charge in [0.05, 0.1) is 0 Å². The Hall–Kier alpha value is -1.06. The van der Waals surface area contributed by atoms with Gasteiger partial charge in [0.15, 0.2) is 0 Å². The highest BCUT2D eigenvalue weighted by molar-refractivity contribution is 6.31. The molecule has 0 radical (unpaired) electrons. The van der Waals surface area contributed by atoms with Gasteiger partial charge < -0.3 is 10.2 Å². The number of carbonyl (C=O) groups excluding carboxylic acids is 1. The molecule has 1 N–H and O–H groups in total. The molecule has 0 aromatic heterocycles.